The maximum atomic E-state index is 12.2. The summed E-state index contributed by atoms with van der Waals surface area (Å²) in [5.74, 6) is 0.669. The van der Waals surface area contributed by atoms with Crippen molar-refractivity contribution in [2.75, 3.05) is 6.61 Å². The Hall–Kier alpha value is -1.49. The van der Waals surface area contributed by atoms with E-state index in [0.29, 0.717) is 31.1 Å². The summed E-state index contributed by atoms with van der Waals surface area (Å²) in [6.07, 6.45) is 13.2. The van der Waals surface area contributed by atoms with Gasteiger partial charge in [-0.3, -0.25) is 4.79 Å². The van der Waals surface area contributed by atoms with Crippen molar-refractivity contribution in [2.24, 2.45) is 23.2 Å². The smallest absolute Gasteiger partial charge is 0.163 e. The van der Waals surface area contributed by atoms with E-state index in [1.54, 1.807) is 13.8 Å². The fourth-order valence-corrected chi connectivity index (χ4v) is 6.19. The monoisotopic (exact) mass is 442 g/mol. The lowest BCUT2D eigenvalue weighted by Gasteiger charge is -2.42. The molecule has 3 N–H and O–H groups in total. The van der Waals surface area contributed by atoms with Crippen LogP contribution in [0.15, 0.2) is 47.1 Å². The Morgan fingerprint density at radius 2 is 2.09 bits per heavy atom. The van der Waals surface area contributed by atoms with Gasteiger partial charge in [-0.2, -0.15) is 0 Å². The average molecular weight is 443 g/mol. The summed E-state index contributed by atoms with van der Waals surface area (Å²) < 4.78 is 0. The molecule has 4 heteroatoms. The third-order valence-corrected chi connectivity index (χ3v) is 8.27. The molecule has 32 heavy (non-hydrogen) atoms. The average Bonchev–Trinajstić information content (AvgIpc) is 3.08. The van der Waals surface area contributed by atoms with E-state index < -0.39 is 11.7 Å². The molecule has 178 valence electrons. The quantitative estimate of drug-likeness (QED) is 0.482. The van der Waals surface area contributed by atoms with E-state index in [1.165, 1.54) is 17.6 Å². The molecule has 4 nitrogen and oxygen atoms in total. The minimum atomic E-state index is -1.25. The molecule has 0 heterocycles. The molecule has 2 fully saturated rings. The Morgan fingerprint density at radius 3 is 2.75 bits per heavy atom. The highest BCUT2D eigenvalue weighted by molar-refractivity contribution is 5.86. The lowest BCUT2D eigenvalue weighted by atomic mass is 9.62. The number of Topliss-reactive ketones (excluding diaryl/α,β-unsaturated/α-hetero) is 1. The van der Waals surface area contributed by atoms with Crippen LogP contribution in [0.5, 0.6) is 0 Å². The molecule has 0 aromatic carbocycles. The number of carbonyl (C=O) groups is 1. The Bertz CT molecular complexity index is 825. The molecule has 3 aliphatic carbocycles. The van der Waals surface area contributed by atoms with E-state index in [-0.39, 0.29) is 23.7 Å². The van der Waals surface area contributed by atoms with Gasteiger partial charge in [0.2, 0.25) is 0 Å². The van der Waals surface area contributed by atoms with Crippen LogP contribution in [-0.4, -0.2) is 39.4 Å². The topological polar surface area (TPSA) is 77.8 Å². The predicted molar refractivity (Wildman–Crippen MR) is 129 cm³/mol. The number of hydrogen-bond donors (Lipinski definition) is 3. The van der Waals surface area contributed by atoms with Crippen molar-refractivity contribution in [3.63, 3.8) is 0 Å². The van der Waals surface area contributed by atoms with Gasteiger partial charge in [0.25, 0.3) is 0 Å². The molecule has 0 unspecified atom stereocenters. The zero-order chi connectivity index (χ0) is 23.7. The van der Waals surface area contributed by atoms with Crippen molar-refractivity contribution in [2.45, 2.75) is 90.8 Å². The highest BCUT2D eigenvalue weighted by Crippen LogP contribution is 2.57. The largest absolute Gasteiger partial charge is 0.396 e. The molecule has 3 rings (SSSR count). The number of allylic oxidation sites excluding steroid dienone is 5. The van der Waals surface area contributed by atoms with Crippen molar-refractivity contribution in [3.05, 3.63) is 47.1 Å². The number of carbonyl (C=O) groups excluding carboxylic acids is 1. The van der Waals surface area contributed by atoms with Crippen molar-refractivity contribution in [1.82, 2.24) is 0 Å². The molecule has 0 spiro atoms. The second kappa shape index (κ2) is 9.79. The summed E-state index contributed by atoms with van der Waals surface area (Å²) >= 11 is 0. The first-order valence-corrected chi connectivity index (χ1v) is 12.3. The summed E-state index contributed by atoms with van der Waals surface area (Å²) in [6.45, 7) is 12.0. The SMILES string of the molecule is C=C1/C(=C\C=C2/CCC[C@]3(C)C([C@H](C)CCC(=O)C(C)(C)O)=CC[C@@H]23)C[C@@H](O)C[C@@H]1CO. The first-order valence-electron chi connectivity index (χ1n) is 12.3. The molecule has 2 saturated carbocycles. The van der Waals surface area contributed by atoms with Gasteiger partial charge in [-0.05, 0) is 87.2 Å². The van der Waals surface area contributed by atoms with Crippen LogP contribution in [0, 0.1) is 23.2 Å². The molecule has 0 bridgehead atoms. The summed E-state index contributed by atoms with van der Waals surface area (Å²) in [5, 5.41) is 29.8. The Labute approximate surface area is 193 Å². The second-order valence-corrected chi connectivity index (χ2v) is 11.1. The fourth-order valence-electron chi connectivity index (χ4n) is 6.19. The van der Waals surface area contributed by atoms with Gasteiger partial charge in [-0.15, -0.1) is 0 Å². The first kappa shape index (κ1) is 25.1. The molecule has 0 aromatic heterocycles. The Kier molecular flexibility index (Phi) is 7.69. The standard InChI is InChI=1S/C28H42O4/c1-18(8-13-26(31)27(3,4)32)24-11-12-25-20(7-6-14-28(24,25)5)9-10-21-15-23(30)16-22(17-29)19(21)2/h9-11,18,22-23,25,29-30,32H,2,6-8,12-17H2,1,3-5H3/b20-9+,21-10-/t18-,22-,23-,25+,28-/m1/s1. The molecule has 0 amide bonds. The number of ketones is 1. The van der Waals surface area contributed by atoms with Gasteiger partial charge in [0.15, 0.2) is 5.78 Å². The van der Waals surface area contributed by atoms with Crippen LogP contribution in [0.4, 0.5) is 0 Å². The van der Waals surface area contributed by atoms with Crippen LogP contribution >= 0.6 is 0 Å². The van der Waals surface area contributed by atoms with Gasteiger partial charge < -0.3 is 15.3 Å². The van der Waals surface area contributed by atoms with E-state index in [1.807, 2.05) is 0 Å². The van der Waals surface area contributed by atoms with Crippen LogP contribution in [0.1, 0.15) is 79.1 Å². The maximum absolute atomic E-state index is 12.2. The fraction of sp³-hybridized carbons (Fsp3) is 0.679. The van der Waals surface area contributed by atoms with Gasteiger partial charge in [0.1, 0.15) is 5.60 Å². The van der Waals surface area contributed by atoms with Crippen LogP contribution in [-0.2, 0) is 4.79 Å². The lowest BCUT2D eigenvalue weighted by molar-refractivity contribution is -0.134. The Morgan fingerprint density at radius 1 is 1.38 bits per heavy atom. The number of fused-ring (bicyclic) bond motifs is 1. The second-order valence-electron chi connectivity index (χ2n) is 11.1. The number of hydrogen-bond acceptors (Lipinski definition) is 4. The number of aliphatic hydroxyl groups excluding tert-OH is 2. The minimum absolute atomic E-state index is 0.0334. The van der Waals surface area contributed by atoms with E-state index in [2.05, 4.69) is 38.7 Å². The molecule has 5 atom stereocenters. The lowest BCUT2D eigenvalue weighted by Crippen LogP contribution is -2.34. The van der Waals surface area contributed by atoms with E-state index >= 15 is 0 Å². The van der Waals surface area contributed by atoms with Crippen LogP contribution in [0.2, 0.25) is 0 Å². The Balaban J connectivity index is 1.73. The van der Waals surface area contributed by atoms with E-state index in [9.17, 15) is 20.1 Å². The maximum Gasteiger partial charge on any atom is 0.163 e. The first-order chi connectivity index (χ1) is 15.0. The molecule has 0 saturated heterocycles. The van der Waals surface area contributed by atoms with Crippen molar-refractivity contribution in [1.29, 1.82) is 0 Å². The van der Waals surface area contributed by atoms with Crippen LogP contribution < -0.4 is 0 Å². The van der Waals surface area contributed by atoms with Gasteiger partial charge >= 0.3 is 0 Å². The van der Waals surface area contributed by atoms with E-state index in [4.69, 9.17) is 0 Å². The van der Waals surface area contributed by atoms with Crippen molar-refractivity contribution >= 4 is 5.78 Å². The highest BCUT2D eigenvalue weighted by Gasteiger charge is 2.46. The van der Waals surface area contributed by atoms with Gasteiger partial charge in [-0.25, -0.2) is 0 Å². The van der Waals surface area contributed by atoms with Crippen LogP contribution in [0.3, 0.4) is 0 Å². The summed E-state index contributed by atoms with van der Waals surface area (Å²) in [4.78, 5) is 12.2. The third-order valence-electron chi connectivity index (χ3n) is 8.27. The zero-order valence-electron chi connectivity index (χ0n) is 20.4. The summed E-state index contributed by atoms with van der Waals surface area (Å²) in [5.41, 5.74) is 3.83. The van der Waals surface area contributed by atoms with Crippen molar-refractivity contribution in [3.8, 4) is 0 Å². The zero-order valence-corrected chi connectivity index (χ0v) is 20.4. The highest BCUT2D eigenvalue weighted by atomic mass is 16.3. The van der Waals surface area contributed by atoms with Crippen LogP contribution in [0.25, 0.3) is 0 Å². The molecule has 0 aromatic rings. The molecule has 0 radical (unpaired) electrons. The number of rotatable bonds is 7. The van der Waals surface area contributed by atoms with Crippen molar-refractivity contribution < 1.29 is 20.1 Å². The van der Waals surface area contributed by atoms with Gasteiger partial charge in [-0.1, -0.05) is 49.8 Å². The minimum Gasteiger partial charge on any atom is -0.396 e. The molecule has 3 aliphatic rings. The third kappa shape index (κ3) is 5.18. The summed E-state index contributed by atoms with van der Waals surface area (Å²) in [7, 11) is 0. The molecular formula is C28H42O4. The predicted octanol–water partition coefficient (Wildman–Crippen LogP) is 5.05. The number of aliphatic hydroxyl groups is 3. The summed E-state index contributed by atoms with van der Waals surface area (Å²) in [6, 6.07) is 0. The molecular weight excluding hydrogens is 400 g/mol. The normalized spacial score (nSPS) is 34.5. The van der Waals surface area contributed by atoms with E-state index in [0.717, 1.165) is 36.8 Å². The van der Waals surface area contributed by atoms with Gasteiger partial charge in [0.05, 0.1) is 12.7 Å². The molecule has 0 aliphatic heterocycles. The van der Waals surface area contributed by atoms with Gasteiger partial charge in [0, 0.05) is 12.3 Å².